The van der Waals surface area contributed by atoms with Gasteiger partial charge in [0.2, 0.25) is 23.6 Å². The van der Waals surface area contributed by atoms with Crippen LogP contribution in [0.5, 0.6) is 0 Å². The minimum absolute atomic E-state index is 0.104. The lowest BCUT2D eigenvalue weighted by atomic mass is 9.99. The molecule has 1 rings (SSSR count). The molecule has 1 aliphatic rings. The molecule has 0 unspecified atom stereocenters. The van der Waals surface area contributed by atoms with Gasteiger partial charge in [-0.05, 0) is 56.9 Å². The fourth-order valence-corrected chi connectivity index (χ4v) is 5.42. The third-order valence-corrected chi connectivity index (χ3v) is 7.71. The van der Waals surface area contributed by atoms with Gasteiger partial charge in [0.25, 0.3) is 0 Å². The number of nitrogens with one attached hydrogen (secondary N) is 4. The first-order valence-electron chi connectivity index (χ1n) is 16.5. The molecule has 4 atom stereocenters. The van der Waals surface area contributed by atoms with Gasteiger partial charge in [0, 0.05) is 12.5 Å². The van der Waals surface area contributed by atoms with Gasteiger partial charge in [0.05, 0.1) is 0 Å². The number of hydrogen-bond acceptors (Lipinski definition) is 5. The summed E-state index contributed by atoms with van der Waals surface area (Å²) < 4.78 is 0. The van der Waals surface area contributed by atoms with Crippen LogP contribution >= 0.6 is 0 Å². The van der Waals surface area contributed by atoms with Gasteiger partial charge in [-0.25, -0.2) is 0 Å². The van der Waals surface area contributed by atoms with Crippen molar-refractivity contribution in [2.24, 2.45) is 17.6 Å². The first kappa shape index (κ1) is 36.9. The molecule has 1 saturated heterocycles. The number of carbonyl (C=O) groups excluding carboxylic acids is 4. The molecule has 4 amide bonds. The van der Waals surface area contributed by atoms with Crippen LogP contribution < -0.4 is 27.0 Å². The molecule has 9 nitrogen and oxygen atoms in total. The van der Waals surface area contributed by atoms with Crippen molar-refractivity contribution in [2.45, 2.75) is 162 Å². The van der Waals surface area contributed by atoms with Crippen molar-refractivity contribution in [3.05, 3.63) is 0 Å². The van der Waals surface area contributed by atoms with E-state index in [1.807, 2.05) is 27.7 Å². The molecule has 41 heavy (non-hydrogen) atoms. The molecule has 0 aromatic carbocycles. The summed E-state index contributed by atoms with van der Waals surface area (Å²) in [7, 11) is 0. The Balaban J connectivity index is 3.05. The Morgan fingerprint density at radius 3 is 1.63 bits per heavy atom. The number of unbranched alkanes of at least 4 members (excludes halogenated alkanes) is 9. The molecule has 9 heteroatoms. The Morgan fingerprint density at radius 2 is 1.07 bits per heavy atom. The van der Waals surface area contributed by atoms with E-state index in [-0.39, 0.29) is 47.9 Å². The van der Waals surface area contributed by atoms with E-state index < -0.39 is 18.1 Å². The van der Waals surface area contributed by atoms with Gasteiger partial charge in [0.15, 0.2) is 0 Å². The van der Waals surface area contributed by atoms with Crippen LogP contribution in [-0.2, 0) is 19.2 Å². The summed E-state index contributed by atoms with van der Waals surface area (Å²) in [6.07, 6.45) is 14.2. The minimum atomic E-state index is -0.804. The van der Waals surface area contributed by atoms with Gasteiger partial charge in [-0.15, -0.1) is 0 Å². The fraction of sp³-hybridized carbons (Fsp3) is 0.875. The Bertz CT molecular complexity index is 773. The maximum Gasteiger partial charge on any atom is 0.243 e. The largest absolute Gasteiger partial charge is 0.351 e. The Morgan fingerprint density at radius 1 is 0.610 bits per heavy atom. The van der Waals surface area contributed by atoms with Crippen LogP contribution in [0.2, 0.25) is 0 Å². The molecule has 0 bridgehead atoms. The zero-order chi connectivity index (χ0) is 30.6. The van der Waals surface area contributed by atoms with Crippen LogP contribution in [0.4, 0.5) is 0 Å². The Labute approximate surface area is 249 Å². The molecule has 1 heterocycles. The quantitative estimate of drug-likeness (QED) is 0.152. The van der Waals surface area contributed by atoms with E-state index in [2.05, 4.69) is 28.2 Å². The molecule has 0 aromatic rings. The summed E-state index contributed by atoms with van der Waals surface area (Å²) in [5.74, 6) is -0.938. The average Bonchev–Trinajstić information content (AvgIpc) is 2.90. The fourth-order valence-electron chi connectivity index (χ4n) is 5.42. The highest BCUT2D eigenvalue weighted by Crippen LogP contribution is 2.15. The summed E-state index contributed by atoms with van der Waals surface area (Å²) in [4.78, 5) is 53.4. The minimum Gasteiger partial charge on any atom is -0.351 e. The van der Waals surface area contributed by atoms with Gasteiger partial charge in [-0.2, -0.15) is 0 Å². The molecule has 1 fully saturated rings. The van der Waals surface area contributed by atoms with Crippen molar-refractivity contribution in [1.82, 2.24) is 21.3 Å². The predicted octanol–water partition coefficient (Wildman–Crippen LogP) is 4.47. The molecule has 0 aromatic heterocycles. The number of rotatable bonds is 18. The summed E-state index contributed by atoms with van der Waals surface area (Å²) in [5, 5.41) is 11.8. The number of carbonyl (C=O) groups is 4. The highest BCUT2D eigenvalue weighted by atomic mass is 16.2. The molecule has 0 saturated carbocycles. The van der Waals surface area contributed by atoms with Crippen molar-refractivity contribution in [1.29, 1.82) is 0 Å². The standard InChI is InChI=1S/C32H61N5O4/c1-6-7-8-9-10-11-12-13-14-17-25-22-29(38)35-27(20-23(2)3)32(41)36-26(18-15-16-19-33)30(39)37-28(21-24(4)5)31(40)34-25/h23-28H,6-22,33H2,1-5H3,(H,34,40)(H,35,38)(H,36,41)(H,37,39)/t25-,26+,27+,28+/m1/s1. The highest BCUT2D eigenvalue weighted by Gasteiger charge is 2.32. The normalized spacial score (nSPS) is 22.8. The summed E-state index contributed by atoms with van der Waals surface area (Å²) in [6, 6.07) is -2.65. The van der Waals surface area contributed by atoms with Gasteiger partial charge in [-0.1, -0.05) is 92.4 Å². The molecular formula is C32H61N5O4. The zero-order valence-electron chi connectivity index (χ0n) is 26.7. The first-order valence-corrected chi connectivity index (χ1v) is 16.5. The Hall–Kier alpha value is -2.16. The lowest BCUT2D eigenvalue weighted by Gasteiger charge is -2.26. The van der Waals surface area contributed by atoms with E-state index in [0.717, 1.165) is 25.7 Å². The van der Waals surface area contributed by atoms with Crippen molar-refractivity contribution in [2.75, 3.05) is 6.54 Å². The third kappa shape index (κ3) is 16.8. The van der Waals surface area contributed by atoms with Gasteiger partial charge in [0.1, 0.15) is 18.1 Å². The van der Waals surface area contributed by atoms with E-state index >= 15 is 0 Å². The number of amides is 4. The van der Waals surface area contributed by atoms with Crippen molar-refractivity contribution in [3.8, 4) is 0 Å². The SMILES string of the molecule is CCCCCCCCCCC[C@@H]1CC(=O)N[C@@H](CC(C)C)C(=O)N[C@@H](CCCCN)C(=O)N[C@@H](CC(C)C)C(=O)N1. The van der Waals surface area contributed by atoms with Gasteiger partial charge >= 0.3 is 0 Å². The second-order valence-corrected chi connectivity index (χ2v) is 12.8. The molecule has 0 spiro atoms. The molecule has 6 N–H and O–H groups in total. The summed E-state index contributed by atoms with van der Waals surface area (Å²) in [6.45, 7) is 10.7. The van der Waals surface area contributed by atoms with Crippen LogP contribution in [0.25, 0.3) is 0 Å². The van der Waals surface area contributed by atoms with E-state index in [0.29, 0.717) is 38.6 Å². The van der Waals surface area contributed by atoms with Gasteiger partial charge in [-0.3, -0.25) is 19.2 Å². The maximum atomic E-state index is 13.5. The highest BCUT2D eigenvalue weighted by molar-refractivity contribution is 5.95. The van der Waals surface area contributed by atoms with Crippen LogP contribution in [0, 0.1) is 11.8 Å². The Kier molecular flexibility index (Phi) is 19.4. The lowest BCUT2D eigenvalue weighted by Crippen LogP contribution is -2.56. The van der Waals surface area contributed by atoms with Crippen molar-refractivity contribution >= 4 is 23.6 Å². The molecule has 238 valence electrons. The third-order valence-electron chi connectivity index (χ3n) is 7.71. The van der Waals surface area contributed by atoms with E-state index in [4.69, 9.17) is 5.73 Å². The monoisotopic (exact) mass is 579 g/mol. The first-order chi connectivity index (χ1) is 19.6. The smallest absolute Gasteiger partial charge is 0.243 e. The zero-order valence-corrected chi connectivity index (χ0v) is 26.7. The molecule has 0 radical (unpaired) electrons. The molecule has 1 aliphatic heterocycles. The van der Waals surface area contributed by atoms with E-state index in [9.17, 15) is 19.2 Å². The average molecular weight is 580 g/mol. The number of hydrogen-bond donors (Lipinski definition) is 5. The van der Waals surface area contributed by atoms with Crippen molar-refractivity contribution < 1.29 is 19.2 Å². The summed E-state index contributed by atoms with van der Waals surface area (Å²) in [5.41, 5.74) is 5.66. The van der Waals surface area contributed by atoms with Crippen LogP contribution in [0.1, 0.15) is 137 Å². The van der Waals surface area contributed by atoms with E-state index in [1.165, 1.54) is 38.5 Å². The topological polar surface area (TPSA) is 142 Å². The van der Waals surface area contributed by atoms with Crippen LogP contribution in [-0.4, -0.2) is 54.3 Å². The number of nitrogens with two attached hydrogens (primary N) is 1. The van der Waals surface area contributed by atoms with E-state index in [1.54, 1.807) is 0 Å². The van der Waals surface area contributed by atoms with Crippen molar-refractivity contribution in [3.63, 3.8) is 0 Å². The maximum absolute atomic E-state index is 13.5. The molecular weight excluding hydrogens is 518 g/mol. The predicted molar refractivity (Wildman–Crippen MR) is 166 cm³/mol. The van der Waals surface area contributed by atoms with Crippen LogP contribution in [0.3, 0.4) is 0 Å². The molecule has 0 aliphatic carbocycles. The van der Waals surface area contributed by atoms with Gasteiger partial charge < -0.3 is 27.0 Å². The second-order valence-electron chi connectivity index (χ2n) is 12.8. The lowest BCUT2D eigenvalue weighted by molar-refractivity contribution is -0.133. The second kappa shape index (κ2) is 21.5. The van der Waals surface area contributed by atoms with Crippen LogP contribution in [0.15, 0.2) is 0 Å². The summed E-state index contributed by atoms with van der Waals surface area (Å²) >= 11 is 0.